The highest BCUT2D eigenvalue weighted by Crippen LogP contribution is 2.29. The fourth-order valence-electron chi connectivity index (χ4n) is 3.81. The molecule has 1 amide bonds. The first-order valence-corrected chi connectivity index (χ1v) is 10.4. The highest BCUT2D eigenvalue weighted by atomic mass is 32.2. The molecule has 2 heterocycles. The van der Waals surface area contributed by atoms with Crippen LogP contribution in [-0.4, -0.2) is 53.6 Å². The third-order valence-electron chi connectivity index (χ3n) is 5.21. The normalized spacial score (nSPS) is 21.2. The van der Waals surface area contributed by atoms with Crippen LogP contribution in [0, 0.1) is 0 Å². The molecule has 1 aromatic carbocycles. The first-order chi connectivity index (χ1) is 12.0. The van der Waals surface area contributed by atoms with Gasteiger partial charge in [0.2, 0.25) is 0 Å². The average Bonchev–Trinajstić information content (AvgIpc) is 3.29. The van der Waals surface area contributed by atoms with Crippen LogP contribution in [0.3, 0.4) is 0 Å². The van der Waals surface area contributed by atoms with Gasteiger partial charge in [0.05, 0.1) is 17.2 Å². The van der Waals surface area contributed by atoms with Crippen LogP contribution in [0.2, 0.25) is 0 Å². The molecule has 0 unspecified atom stereocenters. The minimum atomic E-state index is -3.02. The number of hydrogen-bond donors (Lipinski definition) is 0. The minimum Gasteiger partial charge on any atom is -0.336 e. The molecule has 1 aliphatic heterocycles. The van der Waals surface area contributed by atoms with Gasteiger partial charge >= 0.3 is 0 Å². The Bertz CT molecular complexity index is 919. The smallest absolute Gasteiger partial charge is 0.274 e. The zero-order chi connectivity index (χ0) is 17.6. The maximum absolute atomic E-state index is 13.0. The van der Waals surface area contributed by atoms with Gasteiger partial charge in [0, 0.05) is 24.3 Å². The fraction of sp³-hybridized carbons (Fsp3) is 0.444. The summed E-state index contributed by atoms with van der Waals surface area (Å²) in [6.45, 7) is 0. The summed E-state index contributed by atoms with van der Waals surface area (Å²) < 4.78 is 25.3. The summed E-state index contributed by atoms with van der Waals surface area (Å²) in [4.78, 5) is 14.6. The molecule has 2 aliphatic rings. The van der Waals surface area contributed by atoms with Gasteiger partial charge in [0.25, 0.3) is 5.91 Å². The van der Waals surface area contributed by atoms with Crippen molar-refractivity contribution in [2.45, 2.75) is 31.7 Å². The van der Waals surface area contributed by atoms with E-state index >= 15 is 0 Å². The van der Waals surface area contributed by atoms with Crippen LogP contribution < -0.4 is 0 Å². The van der Waals surface area contributed by atoms with Crippen molar-refractivity contribution in [1.29, 1.82) is 0 Å². The zero-order valence-electron chi connectivity index (χ0n) is 14.2. The Kier molecular flexibility index (Phi) is 3.91. The number of rotatable bonds is 3. The van der Waals surface area contributed by atoms with Gasteiger partial charge in [-0.25, -0.2) is 13.1 Å². The standard InChI is InChI=1S/C18H21N3O3S/c1-20(14-10-11-25(23,24)12-14)18(22)17-15-8-5-9-16(15)21(19-17)13-6-3-2-4-7-13/h2-4,6-7,14H,5,8-12H2,1H3/t14-/m0/s1. The molecule has 0 bridgehead atoms. The van der Waals surface area contributed by atoms with Crippen LogP contribution in [0.15, 0.2) is 30.3 Å². The van der Waals surface area contributed by atoms with Crippen molar-refractivity contribution >= 4 is 15.7 Å². The quantitative estimate of drug-likeness (QED) is 0.835. The molecular weight excluding hydrogens is 338 g/mol. The van der Waals surface area contributed by atoms with E-state index in [1.165, 1.54) is 0 Å². The molecule has 6 nitrogen and oxygen atoms in total. The van der Waals surface area contributed by atoms with Crippen molar-refractivity contribution < 1.29 is 13.2 Å². The molecule has 1 aliphatic carbocycles. The molecule has 1 fully saturated rings. The van der Waals surface area contributed by atoms with Gasteiger partial charge in [0.15, 0.2) is 15.5 Å². The number of aromatic nitrogens is 2. The van der Waals surface area contributed by atoms with Gasteiger partial charge < -0.3 is 4.90 Å². The van der Waals surface area contributed by atoms with Crippen LogP contribution in [0.25, 0.3) is 5.69 Å². The first-order valence-electron chi connectivity index (χ1n) is 8.60. The van der Waals surface area contributed by atoms with E-state index in [-0.39, 0.29) is 23.5 Å². The second kappa shape index (κ2) is 5.98. The molecular formula is C18H21N3O3S. The Morgan fingerprint density at radius 1 is 1.24 bits per heavy atom. The number of sulfone groups is 1. The van der Waals surface area contributed by atoms with E-state index in [1.54, 1.807) is 11.9 Å². The molecule has 7 heteroatoms. The summed E-state index contributed by atoms with van der Waals surface area (Å²) in [6.07, 6.45) is 3.28. The number of fused-ring (bicyclic) bond motifs is 1. The number of carbonyl (C=O) groups is 1. The lowest BCUT2D eigenvalue weighted by Gasteiger charge is -2.22. The predicted octanol–water partition coefficient (Wildman–Crippen LogP) is 1.62. The van der Waals surface area contributed by atoms with E-state index in [1.807, 2.05) is 35.0 Å². The third kappa shape index (κ3) is 2.86. The Hall–Kier alpha value is -2.15. The zero-order valence-corrected chi connectivity index (χ0v) is 15.0. The SMILES string of the molecule is CN(C(=O)c1nn(-c2ccccc2)c2c1CCC2)[C@H]1CCS(=O)(=O)C1. The number of hydrogen-bond acceptors (Lipinski definition) is 4. The van der Waals surface area contributed by atoms with Crippen LogP contribution in [0.4, 0.5) is 0 Å². The van der Waals surface area contributed by atoms with E-state index in [2.05, 4.69) is 5.10 Å². The summed E-state index contributed by atoms with van der Waals surface area (Å²) in [5.74, 6) is 0.0396. The van der Waals surface area contributed by atoms with Gasteiger partial charge in [-0.3, -0.25) is 4.79 Å². The second-order valence-corrected chi connectivity index (χ2v) is 9.08. The lowest BCUT2D eigenvalue weighted by Crippen LogP contribution is -2.38. The van der Waals surface area contributed by atoms with E-state index in [4.69, 9.17) is 0 Å². The summed E-state index contributed by atoms with van der Waals surface area (Å²) in [5, 5.41) is 4.61. The molecule has 25 heavy (non-hydrogen) atoms. The lowest BCUT2D eigenvalue weighted by atomic mass is 10.1. The van der Waals surface area contributed by atoms with Gasteiger partial charge in [-0.1, -0.05) is 18.2 Å². The van der Waals surface area contributed by atoms with Gasteiger partial charge in [-0.2, -0.15) is 5.10 Å². The number of nitrogens with zero attached hydrogens (tertiary/aromatic N) is 3. The first kappa shape index (κ1) is 16.3. The summed E-state index contributed by atoms with van der Waals surface area (Å²) in [6, 6.07) is 9.56. The molecule has 2 aromatic rings. The fourth-order valence-corrected chi connectivity index (χ4v) is 5.58. The number of para-hydroxylation sites is 1. The molecule has 1 saturated heterocycles. The highest BCUT2D eigenvalue weighted by molar-refractivity contribution is 7.91. The van der Waals surface area contributed by atoms with E-state index < -0.39 is 9.84 Å². The molecule has 1 aromatic heterocycles. The molecule has 4 rings (SSSR count). The maximum atomic E-state index is 13.0. The van der Waals surface area contributed by atoms with Crippen molar-refractivity contribution in [2.24, 2.45) is 0 Å². The molecule has 0 radical (unpaired) electrons. The van der Waals surface area contributed by atoms with Crippen molar-refractivity contribution in [3.63, 3.8) is 0 Å². The monoisotopic (exact) mass is 359 g/mol. The Morgan fingerprint density at radius 3 is 2.68 bits per heavy atom. The summed E-state index contributed by atoms with van der Waals surface area (Å²) >= 11 is 0. The number of benzene rings is 1. The van der Waals surface area contributed by atoms with E-state index in [0.29, 0.717) is 12.1 Å². The molecule has 0 N–H and O–H groups in total. The van der Waals surface area contributed by atoms with Crippen LogP contribution >= 0.6 is 0 Å². The number of carbonyl (C=O) groups excluding carboxylic acids is 1. The summed E-state index contributed by atoms with van der Waals surface area (Å²) in [5.41, 5.74) is 3.54. The van der Waals surface area contributed by atoms with Crippen molar-refractivity contribution in [1.82, 2.24) is 14.7 Å². The molecule has 1 atom stereocenters. The maximum Gasteiger partial charge on any atom is 0.274 e. The van der Waals surface area contributed by atoms with Crippen molar-refractivity contribution in [3.8, 4) is 5.69 Å². The minimum absolute atomic E-state index is 0.0524. The van der Waals surface area contributed by atoms with Gasteiger partial charge in [0.1, 0.15) is 0 Å². The van der Waals surface area contributed by atoms with Crippen LogP contribution in [0.5, 0.6) is 0 Å². The van der Waals surface area contributed by atoms with E-state index in [9.17, 15) is 13.2 Å². The van der Waals surface area contributed by atoms with Crippen LogP contribution in [-0.2, 0) is 22.7 Å². The summed E-state index contributed by atoms with van der Waals surface area (Å²) in [7, 11) is -1.33. The van der Waals surface area contributed by atoms with Gasteiger partial charge in [-0.15, -0.1) is 0 Å². The Labute approximate surface area is 147 Å². The van der Waals surface area contributed by atoms with E-state index in [0.717, 1.165) is 36.2 Å². The highest BCUT2D eigenvalue weighted by Gasteiger charge is 2.36. The largest absolute Gasteiger partial charge is 0.336 e. The molecule has 0 saturated carbocycles. The van der Waals surface area contributed by atoms with Crippen molar-refractivity contribution in [3.05, 3.63) is 47.3 Å². The molecule has 132 valence electrons. The third-order valence-corrected chi connectivity index (χ3v) is 6.96. The second-order valence-electron chi connectivity index (χ2n) is 6.85. The predicted molar refractivity (Wildman–Crippen MR) is 94.7 cm³/mol. The van der Waals surface area contributed by atoms with Crippen LogP contribution in [0.1, 0.15) is 34.6 Å². The average molecular weight is 359 g/mol. The Morgan fingerprint density at radius 2 is 2.00 bits per heavy atom. The Balaban J connectivity index is 1.68. The lowest BCUT2D eigenvalue weighted by molar-refractivity contribution is 0.0740. The molecule has 0 spiro atoms. The van der Waals surface area contributed by atoms with Gasteiger partial charge in [-0.05, 0) is 37.8 Å². The van der Waals surface area contributed by atoms with Crippen molar-refractivity contribution in [2.75, 3.05) is 18.6 Å². The number of amides is 1. The topological polar surface area (TPSA) is 72.3 Å².